The van der Waals surface area contributed by atoms with E-state index in [2.05, 4.69) is 5.32 Å². The molecule has 1 atom stereocenters. The third kappa shape index (κ3) is 8.06. The van der Waals surface area contributed by atoms with Crippen molar-refractivity contribution in [3.63, 3.8) is 0 Å². The fourth-order valence-electron chi connectivity index (χ4n) is 4.56. The summed E-state index contributed by atoms with van der Waals surface area (Å²) in [4.78, 5) is 29.0. The summed E-state index contributed by atoms with van der Waals surface area (Å²) in [6.07, 6.45) is 0.162. The molecule has 0 aliphatic rings. The molecule has 0 saturated heterocycles. The van der Waals surface area contributed by atoms with E-state index in [4.69, 9.17) is 46.4 Å². The number of nitrogens with one attached hydrogen (secondary N) is 1. The van der Waals surface area contributed by atoms with Gasteiger partial charge in [0.1, 0.15) is 12.6 Å². The van der Waals surface area contributed by atoms with Crippen molar-refractivity contribution in [3.05, 3.63) is 128 Å². The lowest BCUT2D eigenvalue weighted by Gasteiger charge is -2.34. The molecule has 2 amide bonds. The summed E-state index contributed by atoms with van der Waals surface area (Å²) >= 11 is 25.0. The Bertz CT molecular complexity index is 1750. The molecule has 4 aromatic carbocycles. The molecule has 12 heteroatoms. The fourth-order valence-corrected chi connectivity index (χ4v) is 6.73. The Labute approximate surface area is 277 Å². The number of carbonyl (C=O) groups is 2. The first-order valence-electron chi connectivity index (χ1n) is 13.4. The van der Waals surface area contributed by atoms with Crippen molar-refractivity contribution in [3.8, 4) is 0 Å². The number of sulfonamides is 1. The van der Waals surface area contributed by atoms with Crippen molar-refractivity contribution in [1.29, 1.82) is 0 Å². The summed E-state index contributed by atoms with van der Waals surface area (Å²) < 4.78 is 29.1. The first-order chi connectivity index (χ1) is 20.9. The Kier molecular flexibility index (Phi) is 11.2. The molecule has 0 radical (unpaired) electrons. The van der Waals surface area contributed by atoms with Gasteiger partial charge in [0.15, 0.2) is 0 Å². The lowest BCUT2D eigenvalue weighted by molar-refractivity contribution is -0.139. The van der Waals surface area contributed by atoms with Gasteiger partial charge in [-0.2, -0.15) is 0 Å². The smallest absolute Gasteiger partial charge is 0.264 e. The van der Waals surface area contributed by atoms with Gasteiger partial charge in [-0.25, -0.2) is 8.42 Å². The van der Waals surface area contributed by atoms with E-state index < -0.39 is 34.4 Å². The molecule has 7 nitrogen and oxygen atoms in total. The number of benzene rings is 4. The number of carbonyl (C=O) groups excluding carboxylic acids is 2. The van der Waals surface area contributed by atoms with Crippen molar-refractivity contribution in [2.45, 2.75) is 30.8 Å². The molecule has 0 unspecified atom stereocenters. The van der Waals surface area contributed by atoms with Gasteiger partial charge >= 0.3 is 0 Å². The maximum Gasteiger partial charge on any atom is 0.264 e. The van der Waals surface area contributed by atoms with Crippen LogP contribution in [-0.2, 0) is 32.6 Å². The molecule has 0 aromatic heterocycles. The van der Waals surface area contributed by atoms with Crippen LogP contribution in [0.25, 0.3) is 0 Å². The zero-order valence-electron chi connectivity index (χ0n) is 23.8. The van der Waals surface area contributed by atoms with Crippen LogP contribution in [0.3, 0.4) is 0 Å². The van der Waals surface area contributed by atoms with Gasteiger partial charge in [0.05, 0.1) is 20.6 Å². The minimum atomic E-state index is -4.29. The number of hydrogen-bond donors (Lipinski definition) is 1. The molecule has 1 N–H and O–H groups in total. The van der Waals surface area contributed by atoms with Gasteiger partial charge in [-0.05, 0) is 60.5 Å². The van der Waals surface area contributed by atoms with E-state index in [0.29, 0.717) is 15.6 Å². The van der Waals surface area contributed by atoms with Crippen LogP contribution in [0.15, 0.2) is 95.9 Å². The lowest BCUT2D eigenvalue weighted by atomic mass is 10.0. The average molecular weight is 693 g/mol. The van der Waals surface area contributed by atoms with Crippen molar-refractivity contribution in [1.82, 2.24) is 10.2 Å². The molecule has 4 aromatic rings. The van der Waals surface area contributed by atoms with E-state index in [0.717, 1.165) is 15.4 Å². The number of anilines is 1. The number of aryl methyl sites for hydroxylation is 1. The van der Waals surface area contributed by atoms with E-state index in [-0.39, 0.29) is 33.6 Å². The third-order valence-electron chi connectivity index (χ3n) is 6.95. The van der Waals surface area contributed by atoms with Crippen LogP contribution in [0.1, 0.15) is 16.7 Å². The highest BCUT2D eigenvalue weighted by atomic mass is 35.5. The Hall–Kier alpha value is -3.27. The quantitative estimate of drug-likeness (QED) is 0.180. The maximum absolute atomic E-state index is 14.4. The molecule has 0 fully saturated rings. The molecule has 0 aliphatic heterocycles. The second-order valence-corrected chi connectivity index (χ2v) is 13.5. The highest BCUT2D eigenvalue weighted by Crippen LogP contribution is 2.31. The summed E-state index contributed by atoms with van der Waals surface area (Å²) in [7, 11) is -2.81. The number of hydrogen-bond acceptors (Lipinski definition) is 4. The van der Waals surface area contributed by atoms with Crippen LogP contribution in [-0.4, -0.2) is 44.8 Å². The predicted octanol–water partition coefficient (Wildman–Crippen LogP) is 7.19. The summed E-state index contributed by atoms with van der Waals surface area (Å²) in [5.41, 5.74) is 2.31. The fraction of sp³-hybridized carbons (Fsp3) is 0.188. The van der Waals surface area contributed by atoms with Gasteiger partial charge < -0.3 is 10.2 Å². The summed E-state index contributed by atoms with van der Waals surface area (Å²) in [5, 5.41) is 3.66. The van der Waals surface area contributed by atoms with Crippen LogP contribution in [0.5, 0.6) is 0 Å². The van der Waals surface area contributed by atoms with Crippen molar-refractivity contribution >= 4 is 73.9 Å². The number of likely N-dealkylation sites (N-methyl/N-ethyl adjacent to an activating group) is 1. The first kappa shape index (κ1) is 33.6. The molecule has 0 bridgehead atoms. The van der Waals surface area contributed by atoms with Crippen molar-refractivity contribution in [2.75, 3.05) is 17.9 Å². The number of rotatable bonds is 11. The van der Waals surface area contributed by atoms with E-state index in [1.165, 1.54) is 48.3 Å². The molecule has 0 aliphatic carbocycles. The first-order valence-corrected chi connectivity index (χ1v) is 16.4. The van der Waals surface area contributed by atoms with E-state index >= 15 is 0 Å². The van der Waals surface area contributed by atoms with Gasteiger partial charge in [-0.15, -0.1) is 0 Å². The second-order valence-electron chi connectivity index (χ2n) is 10.0. The van der Waals surface area contributed by atoms with Crippen LogP contribution < -0.4 is 9.62 Å². The average Bonchev–Trinajstić information content (AvgIpc) is 3.00. The van der Waals surface area contributed by atoms with Crippen LogP contribution in [0.2, 0.25) is 20.1 Å². The second kappa shape index (κ2) is 14.7. The summed E-state index contributed by atoms with van der Waals surface area (Å²) in [6.45, 7) is 1.09. The van der Waals surface area contributed by atoms with Gasteiger partial charge in [0.2, 0.25) is 11.8 Å². The molecule has 0 saturated carbocycles. The normalized spacial score (nSPS) is 12.0. The van der Waals surface area contributed by atoms with Gasteiger partial charge in [0.25, 0.3) is 10.0 Å². The SMILES string of the molecule is CNC(=O)[C@H](Cc1ccccc1)N(Cc1ccc(Cl)cc1Cl)C(=O)CN(c1ccc(Cl)c(Cl)c1)S(=O)(=O)c1ccc(C)cc1. The van der Waals surface area contributed by atoms with E-state index in [1.807, 2.05) is 37.3 Å². The molecule has 44 heavy (non-hydrogen) atoms. The van der Waals surface area contributed by atoms with E-state index in [9.17, 15) is 18.0 Å². The number of halogens is 4. The Morgan fingerprint density at radius 1 is 0.818 bits per heavy atom. The lowest BCUT2D eigenvalue weighted by Crippen LogP contribution is -2.53. The highest BCUT2D eigenvalue weighted by Gasteiger charge is 2.34. The topological polar surface area (TPSA) is 86.8 Å². The van der Waals surface area contributed by atoms with E-state index in [1.54, 1.807) is 24.3 Å². The molecular weight excluding hydrogens is 664 g/mol. The van der Waals surface area contributed by atoms with Crippen LogP contribution in [0.4, 0.5) is 5.69 Å². The zero-order chi connectivity index (χ0) is 32.0. The van der Waals surface area contributed by atoms with Gasteiger partial charge in [-0.3, -0.25) is 13.9 Å². The number of amides is 2. The Morgan fingerprint density at radius 3 is 2.11 bits per heavy atom. The van der Waals surface area contributed by atoms with Crippen LogP contribution >= 0.6 is 46.4 Å². The minimum absolute atomic E-state index is 0.0265. The molecule has 0 heterocycles. The summed E-state index contributed by atoms with van der Waals surface area (Å²) in [5.74, 6) is -1.09. The van der Waals surface area contributed by atoms with Crippen LogP contribution in [0, 0.1) is 6.92 Å². The monoisotopic (exact) mass is 691 g/mol. The van der Waals surface area contributed by atoms with Crippen molar-refractivity contribution in [2.24, 2.45) is 0 Å². The highest BCUT2D eigenvalue weighted by molar-refractivity contribution is 7.92. The summed E-state index contributed by atoms with van der Waals surface area (Å²) in [6, 6.07) is 23.6. The molecule has 0 spiro atoms. The van der Waals surface area contributed by atoms with Gasteiger partial charge in [0, 0.05) is 30.1 Å². The third-order valence-corrected chi connectivity index (χ3v) is 10.1. The molecule has 230 valence electrons. The molecular formula is C32H29Cl4N3O4S. The zero-order valence-corrected chi connectivity index (χ0v) is 27.6. The number of nitrogens with zero attached hydrogens (tertiary/aromatic N) is 2. The Morgan fingerprint density at radius 2 is 1.50 bits per heavy atom. The predicted molar refractivity (Wildman–Crippen MR) is 177 cm³/mol. The maximum atomic E-state index is 14.4. The minimum Gasteiger partial charge on any atom is -0.357 e. The molecule has 4 rings (SSSR count). The Balaban J connectivity index is 1.82. The van der Waals surface area contributed by atoms with Gasteiger partial charge in [-0.1, -0.05) is 100 Å². The standard InChI is InChI=1S/C32H29Cl4N3O4S/c1-21-8-13-26(14-9-21)44(42,43)39(25-12-15-27(34)29(36)18-25)20-31(40)38(19-23-10-11-24(33)17-28(23)35)30(32(41)37-2)16-22-6-4-3-5-7-22/h3-15,17-18,30H,16,19-20H2,1-2H3,(H,37,41)/t30-/m0/s1. The largest absolute Gasteiger partial charge is 0.357 e. The van der Waals surface area contributed by atoms with Crippen molar-refractivity contribution < 1.29 is 18.0 Å².